The summed E-state index contributed by atoms with van der Waals surface area (Å²) < 4.78 is 2.06. The molecule has 1 aromatic heterocycles. The molecule has 0 radical (unpaired) electrons. The Balaban J connectivity index is 1.65. The Morgan fingerprint density at radius 1 is 1.30 bits per heavy atom. The van der Waals surface area contributed by atoms with Gasteiger partial charge in [-0.15, -0.1) is 0 Å². The van der Waals surface area contributed by atoms with Crippen LogP contribution in [-0.4, -0.2) is 27.7 Å². The van der Waals surface area contributed by atoms with Crippen LogP contribution in [0.3, 0.4) is 0 Å². The third kappa shape index (κ3) is 4.47. The van der Waals surface area contributed by atoms with E-state index in [4.69, 9.17) is 0 Å². The van der Waals surface area contributed by atoms with Gasteiger partial charge in [-0.25, -0.2) is 4.98 Å². The first kappa shape index (κ1) is 14.8. The van der Waals surface area contributed by atoms with Crippen molar-refractivity contribution in [2.45, 2.75) is 32.4 Å². The second-order valence-corrected chi connectivity index (χ2v) is 4.97. The smallest absolute Gasteiger partial charge is 0.0945 e. The highest BCUT2D eigenvalue weighted by Gasteiger charge is 2.06. The van der Waals surface area contributed by atoms with E-state index in [1.807, 2.05) is 24.7 Å². The monoisotopic (exact) mass is 273 g/mol. The molecular formula is C16H23N3O. The van der Waals surface area contributed by atoms with Gasteiger partial charge in [0.05, 0.1) is 12.4 Å². The average Bonchev–Trinajstić information content (AvgIpc) is 3.00. The molecule has 1 atom stereocenters. The van der Waals surface area contributed by atoms with E-state index in [1.165, 1.54) is 5.56 Å². The summed E-state index contributed by atoms with van der Waals surface area (Å²) in [7, 11) is 0. The van der Waals surface area contributed by atoms with E-state index in [0.29, 0.717) is 6.54 Å². The Hall–Kier alpha value is -1.65. The van der Waals surface area contributed by atoms with Gasteiger partial charge in [-0.05, 0) is 30.5 Å². The molecule has 0 saturated heterocycles. The zero-order valence-corrected chi connectivity index (χ0v) is 12.0. The van der Waals surface area contributed by atoms with Gasteiger partial charge < -0.3 is 15.0 Å². The summed E-state index contributed by atoms with van der Waals surface area (Å²) in [6, 6.07) is 8.18. The molecule has 108 valence electrons. The van der Waals surface area contributed by atoms with Crippen molar-refractivity contribution in [1.82, 2.24) is 14.9 Å². The predicted molar refractivity (Wildman–Crippen MR) is 80.5 cm³/mol. The number of aromatic nitrogens is 2. The van der Waals surface area contributed by atoms with Crippen LogP contribution in [0.1, 0.15) is 30.6 Å². The lowest BCUT2D eigenvalue weighted by molar-refractivity contribution is 0.174. The lowest BCUT2D eigenvalue weighted by Crippen LogP contribution is -2.23. The van der Waals surface area contributed by atoms with Crippen LogP contribution in [0, 0.1) is 0 Å². The van der Waals surface area contributed by atoms with Gasteiger partial charge in [-0.2, -0.15) is 0 Å². The summed E-state index contributed by atoms with van der Waals surface area (Å²) in [6.07, 6.45) is 7.20. The van der Waals surface area contributed by atoms with Gasteiger partial charge in [0, 0.05) is 25.5 Å². The van der Waals surface area contributed by atoms with Gasteiger partial charge in [-0.1, -0.05) is 31.2 Å². The second kappa shape index (κ2) is 7.82. The third-order valence-corrected chi connectivity index (χ3v) is 3.44. The van der Waals surface area contributed by atoms with Crippen LogP contribution in [0.2, 0.25) is 0 Å². The molecule has 4 nitrogen and oxygen atoms in total. The SMILES string of the molecule is CCc1ccc(C(O)CNCCCn2ccnc2)cc1. The Labute approximate surface area is 120 Å². The van der Waals surface area contributed by atoms with Crippen LogP contribution in [0.15, 0.2) is 43.0 Å². The number of aliphatic hydroxyl groups is 1. The average molecular weight is 273 g/mol. The third-order valence-electron chi connectivity index (χ3n) is 3.44. The van der Waals surface area contributed by atoms with Gasteiger partial charge in [0.25, 0.3) is 0 Å². The minimum Gasteiger partial charge on any atom is -0.387 e. The fourth-order valence-corrected chi connectivity index (χ4v) is 2.14. The predicted octanol–water partition coefficient (Wildman–Crippen LogP) is 2.16. The van der Waals surface area contributed by atoms with E-state index < -0.39 is 6.10 Å². The number of benzene rings is 1. The molecule has 0 fully saturated rings. The second-order valence-electron chi connectivity index (χ2n) is 4.97. The number of rotatable bonds is 8. The van der Waals surface area contributed by atoms with Crippen molar-refractivity contribution in [2.24, 2.45) is 0 Å². The Morgan fingerprint density at radius 2 is 2.10 bits per heavy atom. The minimum atomic E-state index is -0.436. The molecule has 2 rings (SSSR count). The largest absolute Gasteiger partial charge is 0.387 e. The van der Waals surface area contributed by atoms with Gasteiger partial charge in [0.15, 0.2) is 0 Å². The maximum Gasteiger partial charge on any atom is 0.0945 e. The first-order valence-corrected chi connectivity index (χ1v) is 7.23. The molecule has 20 heavy (non-hydrogen) atoms. The van der Waals surface area contributed by atoms with Crippen LogP contribution in [0.25, 0.3) is 0 Å². The quantitative estimate of drug-likeness (QED) is 0.725. The lowest BCUT2D eigenvalue weighted by Gasteiger charge is -2.13. The molecule has 0 aliphatic rings. The highest BCUT2D eigenvalue weighted by atomic mass is 16.3. The summed E-state index contributed by atoms with van der Waals surface area (Å²) in [5.74, 6) is 0. The van der Waals surface area contributed by atoms with E-state index in [0.717, 1.165) is 31.5 Å². The van der Waals surface area contributed by atoms with E-state index in [-0.39, 0.29) is 0 Å². The standard InChI is InChI=1S/C16H23N3O/c1-2-14-4-6-15(7-5-14)16(20)12-17-8-3-10-19-11-9-18-13-19/h4-7,9,11,13,16-17,20H,2-3,8,10,12H2,1H3. The maximum absolute atomic E-state index is 10.1. The zero-order chi connectivity index (χ0) is 14.2. The summed E-state index contributed by atoms with van der Waals surface area (Å²) in [5, 5.41) is 13.4. The number of aliphatic hydroxyl groups excluding tert-OH is 1. The highest BCUT2D eigenvalue weighted by molar-refractivity contribution is 5.24. The van der Waals surface area contributed by atoms with Crippen LogP contribution in [0.4, 0.5) is 0 Å². The number of hydrogen-bond acceptors (Lipinski definition) is 3. The highest BCUT2D eigenvalue weighted by Crippen LogP contribution is 2.13. The van der Waals surface area contributed by atoms with Gasteiger partial charge in [-0.3, -0.25) is 0 Å². The van der Waals surface area contributed by atoms with Crippen molar-refractivity contribution in [3.63, 3.8) is 0 Å². The molecule has 2 aromatic rings. The molecule has 1 heterocycles. The van der Waals surface area contributed by atoms with Crippen molar-refractivity contribution in [2.75, 3.05) is 13.1 Å². The number of hydrogen-bond donors (Lipinski definition) is 2. The van der Waals surface area contributed by atoms with Crippen LogP contribution in [-0.2, 0) is 13.0 Å². The molecule has 0 amide bonds. The van der Waals surface area contributed by atoms with E-state index in [9.17, 15) is 5.11 Å². The molecule has 1 aromatic carbocycles. The van der Waals surface area contributed by atoms with E-state index in [1.54, 1.807) is 6.20 Å². The van der Waals surface area contributed by atoms with E-state index >= 15 is 0 Å². The molecule has 0 aliphatic heterocycles. The van der Waals surface area contributed by atoms with Crippen molar-refractivity contribution < 1.29 is 5.11 Å². The normalized spacial score (nSPS) is 12.5. The van der Waals surface area contributed by atoms with Gasteiger partial charge >= 0.3 is 0 Å². The molecule has 0 saturated carbocycles. The first-order chi connectivity index (χ1) is 9.79. The van der Waals surface area contributed by atoms with Crippen molar-refractivity contribution in [1.29, 1.82) is 0 Å². The summed E-state index contributed by atoms with van der Waals surface area (Å²) in [6.45, 7) is 4.57. The molecule has 2 N–H and O–H groups in total. The maximum atomic E-state index is 10.1. The Kier molecular flexibility index (Phi) is 5.77. The zero-order valence-electron chi connectivity index (χ0n) is 12.0. The number of nitrogens with zero attached hydrogens (tertiary/aromatic N) is 2. The summed E-state index contributed by atoms with van der Waals surface area (Å²) >= 11 is 0. The van der Waals surface area contributed by atoms with Gasteiger partial charge in [0.1, 0.15) is 0 Å². The summed E-state index contributed by atoms with van der Waals surface area (Å²) in [5.41, 5.74) is 2.28. The van der Waals surface area contributed by atoms with Crippen LogP contribution < -0.4 is 5.32 Å². The molecule has 4 heteroatoms. The topological polar surface area (TPSA) is 50.1 Å². The van der Waals surface area contributed by atoms with Crippen molar-refractivity contribution in [3.05, 3.63) is 54.1 Å². The molecule has 0 spiro atoms. The number of imidazole rings is 1. The first-order valence-electron chi connectivity index (χ1n) is 7.23. The summed E-state index contributed by atoms with van der Waals surface area (Å²) in [4.78, 5) is 4.01. The Bertz CT molecular complexity index is 479. The number of nitrogens with one attached hydrogen (secondary N) is 1. The van der Waals surface area contributed by atoms with Crippen LogP contribution >= 0.6 is 0 Å². The van der Waals surface area contributed by atoms with Crippen molar-refractivity contribution >= 4 is 0 Å². The number of aryl methyl sites for hydroxylation is 2. The fraction of sp³-hybridized carbons (Fsp3) is 0.438. The molecule has 0 aliphatic carbocycles. The molecular weight excluding hydrogens is 250 g/mol. The lowest BCUT2D eigenvalue weighted by atomic mass is 10.1. The molecule has 0 bridgehead atoms. The van der Waals surface area contributed by atoms with Gasteiger partial charge in [0.2, 0.25) is 0 Å². The minimum absolute atomic E-state index is 0.436. The fourth-order valence-electron chi connectivity index (χ4n) is 2.14. The van der Waals surface area contributed by atoms with Crippen molar-refractivity contribution in [3.8, 4) is 0 Å². The Morgan fingerprint density at radius 3 is 2.75 bits per heavy atom. The molecule has 1 unspecified atom stereocenters. The van der Waals surface area contributed by atoms with E-state index in [2.05, 4.69) is 33.9 Å². The van der Waals surface area contributed by atoms with Crippen LogP contribution in [0.5, 0.6) is 0 Å².